The van der Waals surface area contributed by atoms with Crippen LogP contribution in [0.2, 0.25) is 0 Å². The zero-order valence-electron chi connectivity index (χ0n) is 18.9. The smallest absolute Gasteiger partial charge is 0.268 e. The van der Waals surface area contributed by atoms with E-state index in [0.29, 0.717) is 23.0 Å². The Morgan fingerprint density at radius 2 is 1.67 bits per heavy atom. The summed E-state index contributed by atoms with van der Waals surface area (Å²) in [7, 11) is -3.34. The van der Waals surface area contributed by atoms with Gasteiger partial charge in [0, 0.05) is 20.0 Å². The van der Waals surface area contributed by atoms with E-state index in [9.17, 15) is 8.42 Å². The molecule has 2 aromatic heterocycles. The molecule has 0 aliphatic heterocycles. The van der Waals surface area contributed by atoms with E-state index in [0.717, 1.165) is 16.7 Å². The van der Waals surface area contributed by atoms with Crippen molar-refractivity contribution in [1.82, 2.24) is 20.2 Å². The molecule has 9 heteroatoms. The molecular weight excluding hydrogens is 438 g/mol. The van der Waals surface area contributed by atoms with Crippen molar-refractivity contribution in [2.45, 2.75) is 43.9 Å². The Labute approximate surface area is 195 Å². The maximum absolute atomic E-state index is 12.4. The Kier molecular flexibility index (Phi) is 6.09. The Balaban J connectivity index is 0.00000216. The molecule has 0 fully saturated rings. The maximum atomic E-state index is 12.4. The lowest BCUT2D eigenvalue weighted by Crippen LogP contribution is -2.13. The Hall–Kier alpha value is -3.43. The molecular formula is C24H29N5O3S. The number of nitrogens with zero attached hydrogens (tertiary/aromatic N) is 4. The van der Waals surface area contributed by atoms with E-state index in [-0.39, 0.29) is 19.7 Å². The van der Waals surface area contributed by atoms with Crippen LogP contribution in [0.3, 0.4) is 0 Å². The van der Waals surface area contributed by atoms with Crippen molar-refractivity contribution in [2.75, 3.05) is 0 Å². The van der Waals surface area contributed by atoms with Crippen molar-refractivity contribution < 1.29 is 15.7 Å². The van der Waals surface area contributed by atoms with Gasteiger partial charge in [0.05, 0.1) is 27.7 Å². The van der Waals surface area contributed by atoms with Crippen LogP contribution in [0.25, 0.3) is 34.3 Å². The summed E-state index contributed by atoms with van der Waals surface area (Å²) in [5, 5.41) is 7.85. The number of aromatic nitrogens is 4. The fourth-order valence-corrected chi connectivity index (χ4v) is 4.33. The summed E-state index contributed by atoms with van der Waals surface area (Å²) in [6, 6.07) is 14.1. The van der Waals surface area contributed by atoms with Gasteiger partial charge in [-0.25, -0.2) is 13.4 Å². The predicted molar refractivity (Wildman–Crippen MR) is 130 cm³/mol. The standard InChI is InChI=1S/C24H25N5O3S.2H2/c1-14(2)33(30,31)20-10-8-17(9-11-20)21-13-26-16(4)22(27-21)24-29-28-23(32-24)19-7-5-6-18(12-19)15(3)25;;/h5-15H,25H2,1-4H3;2*1H. The lowest BCUT2D eigenvalue weighted by atomic mass is 10.1. The highest BCUT2D eigenvalue weighted by Gasteiger charge is 2.20. The van der Waals surface area contributed by atoms with Crippen LogP contribution in [0, 0.1) is 6.92 Å². The van der Waals surface area contributed by atoms with E-state index in [1.54, 1.807) is 44.3 Å². The number of hydrogen-bond acceptors (Lipinski definition) is 8. The Morgan fingerprint density at radius 3 is 2.33 bits per heavy atom. The largest absolute Gasteiger partial charge is 0.415 e. The minimum Gasteiger partial charge on any atom is -0.415 e. The minimum atomic E-state index is -3.34. The molecule has 4 aromatic rings. The SMILES string of the molecule is Cc1ncc(-c2ccc(S(=O)(=O)C(C)C)cc2)nc1-c1nnc(-c2cccc(C(C)N)c2)o1.[HH].[HH]. The molecule has 0 aliphatic carbocycles. The van der Waals surface area contributed by atoms with E-state index in [2.05, 4.69) is 20.2 Å². The number of benzene rings is 2. The van der Waals surface area contributed by atoms with Gasteiger partial charge < -0.3 is 10.2 Å². The molecule has 0 amide bonds. The van der Waals surface area contributed by atoms with Crippen LogP contribution in [-0.2, 0) is 9.84 Å². The summed E-state index contributed by atoms with van der Waals surface area (Å²) < 4.78 is 30.7. The van der Waals surface area contributed by atoms with Gasteiger partial charge in [0.1, 0.15) is 5.69 Å². The number of aryl methyl sites for hydroxylation is 1. The lowest BCUT2D eigenvalue weighted by molar-refractivity contribution is 0.581. The van der Waals surface area contributed by atoms with Gasteiger partial charge in [-0.3, -0.25) is 4.98 Å². The molecule has 33 heavy (non-hydrogen) atoms. The molecule has 4 rings (SSSR count). The van der Waals surface area contributed by atoms with Crippen LogP contribution >= 0.6 is 0 Å². The average Bonchev–Trinajstić information content (AvgIpc) is 3.29. The van der Waals surface area contributed by atoms with E-state index in [1.807, 2.05) is 38.1 Å². The second kappa shape index (κ2) is 8.84. The van der Waals surface area contributed by atoms with Crippen LogP contribution in [0.4, 0.5) is 0 Å². The Bertz CT molecular complexity index is 1400. The third-order valence-corrected chi connectivity index (χ3v) is 7.51. The first-order chi connectivity index (χ1) is 15.7. The highest BCUT2D eigenvalue weighted by molar-refractivity contribution is 7.92. The summed E-state index contributed by atoms with van der Waals surface area (Å²) in [4.78, 5) is 9.36. The topological polar surface area (TPSA) is 125 Å². The number of sulfone groups is 1. The van der Waals surface area contributed by atoms with E-state index in [4.69, 9.17) is 10.2 Å². The van der Waals surface area contributed by atoms with E-state index in [1.165, 1.54) is 0 Å². The fourth-order valence-electron chi connectivity index (χ4n) is 3.27. The molecule has 1 atom stereocenters. The quantitative estimate of drug-likeness (QED) is 0.426. The summed E-state index contributed by atoms with van der Waals surface area (Å²) >= 11 is 0. The average molecular weight is 468 g/mol. The van der Waals surface area contributed by atoms with Crippen molar-refractivity contribution >= 4 is 9.84 Å². The zero-order valence-corrected chi connectivity index (χ0v) is 19.7. The third kappa shape index (κ3) is 4.55. The van der Waals surface area contributed by atoms with Gasteiger partial charge >= 0.3 is 0 Å². The van der Waals surface area contributed by atoms with E-state index < -0.39 is 15.1 Å². The number of rotatable bonds is 6. The zero-order chi connectivity index (χ0) is 23.8. The van der Waals surface area contributed by atoms with Gasteiger partial charge in [-0.15, -0.1) is 10.2 Å². The molecule has 2 heterocycles. The lowest BCUT2D eigenvalue weighted by Gasteiger charge is -2.09. The predicted octanol–water partition coefficient (Wildman–Crippen LogP) is 4.86. The molecule has 2 aromatic carbocycles. The highest BCUT2D eigenvalue weighted by atomic mass is 32.2. The molecule has 0 bridgehead atoms. The summed E-state index contributed by atoms with van der Waals surface area (Å²) in [6.45, 7) is 7.04. The second-order valence-electron chi connectivity index (χ2n) is 8.13. The van der Waals surface area contributed by atoms with Crippen LogP contribution in [-0.4, -0.2) is 33.8 Å². The van der Waals surface area contributed by atoms with Gasteiger partial charge in [0.2, 0.25) is 5.89 Å². The molecule has 2 N–H and O–H groups in total. The van der Waals surface area contributed by atoms with Gasteiger partial charge in [-0.2, -0.15) is 0 Å². The highest BCUT2D eigenvalue weighted by Crippen LogP contribution is 2.28. The van der Waals surface area contributed by atoms with Crippen molar-refractivity contribution in [2.24, 2.45) is 5.73 Å². The Morgan fingerprint density at radius 1 is 0.970 bits per heavy atom. The molecule has 0 radical (unpaired) electrons. The monoisotopic (exact) mass is 467 g/mol. The fraction of sp³-hybridized carbons (Fsp3) is 0.250. The van der Waals surface area contributed by atoms with Crippen molar-refractivity contribution in [3.05, 3.63) is 66.0 Å². The van der Waals surface area contributed by atoms with Crippen LogP contribution in [0.5, 0.6) is 0 Å². The van der Waals surface area contributed by atoms with Crippen molar-refractivity contribution in [3.63, 3.8) is 0 Å². The molecule has 0 spiro atoms. The van der Waals surface area contributed by atoms with Crippen molar-refractivity contribution in [3.8, 4) is 34.3 Å². The first-order valence-corrected chi connectivity index (χ1v) is 12.1. The maximum Gasteiger partial charge on any atom is 0.268 e. The number of nitrogens with two attached hydrogens (primary N) is 1. The van der Waals surface area contributed by atoms with Gasteiger partial charge in [0.15, 0.2) is 9.84 Å². The molecule has 0 saturated carbocycles. The number of hydrogen-bond donors (Lipinski definition) is 1. The third-order valence-electron chi connectivity index (χ3n) is 5.34. The summed E-state index contributed by atoms with van der Waals surface area (Å²) in [5.74, 6) is 0.615. The first-order valence-electron chi connectivity index (χ1n) is 10.5. The first kappa shape index (κ1) is 22.8. The van der Waals surface area contributed by atoms with Crippen molar-refractivity contribution in [1.29, 1.82) is 0 Å². The molecule has 174 valence electrons. The van der Waals surface area contributed by atoms with Crippen LogP contribution in [0.1, 0.15) is 40.9 Å². The summed E-state index contributed by atoms with van der Waals surface area (Å²) in [6.07, 6.45) is 1.63. The van der Waals surface area contributed by atoms with Crippen LogP contribution in [0.15, 0.2) is 64.0 Å². The van der Waals surface area contributed by atoms with Gasteiger partial charge in [0.25, 0.3) is 5.89 Å². The molecule has 1 unspecified atom stereocenters. The van der Waals surface area contributed by atoms with E-state index >= 15 is 0 Å². The second-order valence-corrected chi connectivity index (χ2v) is 10.6. The van der Waals surface area contributed by atoms with Crippen LogP contribution < -0.4 is 5.73 Å². The van der Waals surface area contributed by atoms with Gasteiger partial charge in [-0.1, -0.05) is 24.3 Å². The molecule has 0 saturated heterocycles. The molecule has 8 nitrogen and oxygen atoms in total. The summed E-state index contributed by atoms with van der Waals surface area (Å²) in [5.41, 5.74) is 10.1. The molecule has 0 aliphatic rings. The minimum absolute atomic E-state index is 0. The normalized spacial score (nSPS) is 12.8. The van der Waals surface area contributed by atoms with Gasteiger partial charge in [-0.05, 0) is 57.5 Å².